The maximum Gasteiger partial charge on any atom is 0.191 e. The summed E-state index contributed by atoms with van der Waals surface area (Å²) in [4.78, 5) is 8.38. The number of hydrogen-bond donors (Lipinski definition) is 2. The van der Waals surface area contributed by atoms with E-state index in [0.717, 1.165) is 18.4 Å². The molecule has 0 aliphatic carbocycles. The molecule has 124 valence electrons. The van der Waals surface area contributed by atoms with E-state index in [1.807, 2.05) is 14.0 Å². The van der Waals surface area contributed by atoms with Gasteiger partial charge in [-0.3, -0.25) is 9.67 Å². The zero-order valence-electron chi connectivity index (χ0n) is 13.9. The number of nitrogens with one attached hydrogen (secondary N) is 2. The average molecular weight is 316 g/mol. The minimum Gasteiger partial charge on any atom is -0.377 e. The molecule has 0 fully saturated rings. The minimum absolute atomic E-state index is 0.573. The molecule has 0 aliphatic heterocycles. The molecule has 2 rings (SSSR count). The van der Waals surface area contributed by atoms with Gasteiger partial charge in [0.05, 0.1) is 13.2 Å². The van der Waals surface area contributed by atoms with Crippen LogP contribution in [-0.2, 0) is 31.5 Å². The number of ether oxygens (including phenoxy) is 1. The highest BCUT2D eigenvalue weighted by atomic mass is 16.5. The summed E-state index contributed by atoms with van der Waals surface area (Å²) in [6.07, 6.45) is 1.54. The lowest BCUT2D eigenvalue weighted by Gasteiger charge is -2.12. The van der Waals surface area contributed by atoms with Gasteiger partial charge in [-0.2, -0.15) is 5.10 Å². The standard InChI is InChI=1S/C16H24N6O/c1-4-23-11-14-7-5-13(6-8-14)9-18-16(17-2)19-10-15-20-12-21-22(15)3/h5-8,12H,4,9-11H2,1-3H3,(H2,17,18,19). The molecular weight excluding hydrogens is 292 g/mol. The molecule has 0 saturated heterocycles. The van der Waals surface area contributed by atoms with Crippen LogP contribution in [-0.4, -0.2) is 34.4 Å². The summed E-state index contributed by atoms with van der Waals surface area (Å²) >= 11 is 0. The molecule has 0 amide bonds. The molecule has 0 bridgehead atoms. The van der Waals surface area contributed by atoms with E-state index >= 15 is 0 Å². The Morgan fingerprint density at radius 1 is 1.17 bits per heavy atom. The maximum absolute atomic E-state index is 5.39. The molecule has 1 heterocycles. The van der Waals surface area contributed by atoms with Crippen molar-refractivity contribution in [3.8, 4) is 0 Å². The number of aliphatic imine (C=N–C) groups is 1. The van der Waals surface area contributed by atoms with E-state index < -0.39 is 0 Å². The summed E-state index contributed by atoms with van der Waals surface area (Å²) in [5.41, 5.74) is 2.37. The van der Waals surface area contributed by atoms with Crippen molar-refractivity contribution in [3.05, 3.63) is 47.5 Å². The van der Waals surface area contributed by atoms with Crippen molar-refractivity contribution >= 4 is 5.96 Å². The average Bonchev–Trinajstić information content (AvgIpc) is 2.99. The third-order valence-corrected chi connectivity index (χ3v) is 3.40. The van der Waals surface area contributed by atoms with E-state index in [9.17, 15) is 0 Å². The fourth-order valence-corrected chi connectivity index (χ4v) is 2.02. The summed E-state index contributed by atoms with van der Waals surface area (Å²) in [5.74, 6) is 1.58. The van der Waals surface area contributed by atoms with Gasteiger partial charge in [-0.25, -0.2) is 4.98 Å². The van der Waals surface area contributed by atoms with Crippen LogP contribution < -0.4 is 10.6 Å². The van der Waals surface area contributed by atoms with Crippen LogP contribution in [0.15, 0.2) is 35.6 Å². The molecular formula is C16H24N6O. The lowest BCUT2D eigenvalue weighted by atomic mass is 10.1. The Kier molecular flexibility index (Phi) is 6.56. The van der Waals surface area contributed by atoms with Gasteiger partial charge in [0.25, 0.3) is 0 Å². The Hall–Kier alpha value is -2.41. The van der Waals surface area contributed by atoms with E-state index in [-0.39, 0.29) is 0 Å². The van der Waals surface area contributed by atoms with Gasteiger partial charge in [-0.1, -0.05) is 24.3 Å². The van der Waals surface area contributed by atoms with Crippen molar-refractivity contribution in [2.24, 2.45) is 12.0 Å². The van der Waals surface area contributed by atoms with Crippen LogP contribution in [0.1, 0.15) is 23.9 Å². The lowest BCUT2D eigenvalue weighted by Crippen LogP contribution is -2.36. The normalized spacial score (nSPS) is 11.5. The van der Waals surface area contributed by atoms with Gasteiger partial charge in [0.1, 0.15) is 12.2 Å². The van der Waals surface area contributed by atoms with Gasteiger partial charge in [-0.05, 0) is 18.1 Å². The molecule has 2 N–H and O–H groups in total. The van der Waals surface area contributed by atoms with Crippen molar-refractivity contribution in [2.45, 2.75) is 26.6 Å². The fraction of sp³-hybridized carbons (Fsp3) is 0.438. The van der Waals surface area contributed by atoms with Crippen molar-refractivity contribution < 1.29 is 4.74 Å². The molecule has 0 atom stereocenters. The highest BCUT2D eigenvalue weighted by Gasteiger charge is 2.03. The molecule has 1 aromatic heterocycles. The first-order chi connectivity index (χ1) is 11.2. The molecule has 23 heavy (non-hydrogen) atoms. The first-order valence-corrected chi connectivity index (χ1v) is 7.66. The predicted octanol–water partition coefficient (Wildman–Crippen LogP) is 1.22. The maximum atomic E-state index is 5.39. The van der Waals surface area contributed by atoms with Crippen LogP contribution in [0, 0.1) is 0 Å². The fourth-order valence-electron chi connectivity index (χ4n) is 2.02. The minimum atomic E-state index is 0.573. The van der Waals surface area contributed by atoms with Gasteiger partial charge in [-0.15, -0.1) is 0 Å². The topological polar surface area (TPSA) is 76.4 Å². The summed E-state index contributed by atoms with van der Waals surface area (Å²) in [7, 11) is 3.61. The van der Waals surface area contributed by atoms with Crippen LogP contribution in [0.3, 0.4) is 0 Å². The third-order valence-electron chi connectivity index (χ3n) is 3.40. The molecule has 7 heteroatoms. The lowest BCUT2D eigenvalue weighted by molar-refractivity contribution is 0.134. The van der Waals surface area contributed by atoms with E-state index in [2.05, 4.69) is 50.0 Å². The second kappa shape index (κ2) is 8.89. The molecule has 7 nitrogen and oxygen atoms in total. The van der Waals surface area contributed by atoms with Gasteiger partial charge in [0.15, 0.2) is 5.96 Å². The number of aryl methyl sites for hydroxylation is 1. The van der Waals surface area contributed by atoms with Gasteiger partial charge in [0, 0.05) is 27.2 Å². The Bertz CT molecular complexity index is 620. The Morgan fingerprint density at radius 3 is 2.48 bits per heavy atom. The summed E-state index contributed by atoms with van der Waals surface area (Å²) in [6.45, 7) is 4.66. The van der Waals surface area contributed by atoms with E-state index in [1.54, 1.807) is 11.7 Å². The van der Waals surface area contributed by atoms with Crippen LogP contribution in [0.25, 0.3) is 0 Å². The molecule has 0 spiro atoms. The Balaban J connectivity index is 1.80. The van der Waals surface area contributed by atoms with Crippen LogP contribution in [0.2, 0.25) is 0 Å². The molecule has 0 radical (unpaired) electrons. The number of hydrogen-bond acceptors (Lipinski definition) is 4. The third kappa shape index (κ3) is 5.37. The van der Waals surface area contributed by atoms with Gasteiger partial charge >= 0.3 is 0 Å². The first-order valence-electron chi connectivity index (χ1n) is 7.66. The highest BCUT2D eigenvalue weighted by molar-refractivity contribution is 5.79. The molecule has 0 unspecified atom stereocenters. The van der Waals surface area contributed by atoms with Gasteiger partial charge < -0.3 is 15.4 Å². The second-order valence-electron chi connectivity index (χ2n) is 5.03. The van der Waals surface area contributed by atoms with E-state index in [1.165, 1.54) is 17.5 Å². The quantitative estimate of drug-likeness (QED) is 0.593. The largest absolute Gasteiger partial charge is 0.377 e. The zero-order valence-corrected chi connectivity index (χ0v) is 13.9. The van der Waals surface area contributed by atoms with Crippen molar-refractivity contribution in [3.63, 3.8) is 0 Å². The number of benzene rings is 1. The van der Waals surface area contributed by atoms with Crippen molar-refractivity contribution in [1.29, 1.82) is 0 Å². The van der Waals surface area contributed by atoms with E-state index in [0.29, 0.717) is 19.7 Å². The molecule has 2 aromatic rings. The predicted molar refractivity (Wildman–Crippen MR) is 89.8 cm³/mol. The zero-order chi connectivity index (χ0) is 16.5. The van der Waals surface area contributed by atoms with E-state index in [4.69, 9.17) is 4.74 Å². The Morgan fingerprint density at radius 2 is 1.87 bits per heavy atom. The number of nitrogens with zero attached hydrogens (tertiary/aromatic N) is 4. The Labute approximate surface area is 136 Å². The smallest absolute Gasteiger partial charge is 0.191 e. The summed E-state index contributed by atoms with van der Waals surface area (Å²) < 4.78 is 7.13. The number of guanidine groups is 1. The molecule has 0 saturated carbocycles. The monoisotopic (exact) mass is 316 g/mol. The van der Waals surface area contributed by atoms with Gasteiger partial charge in [0.2, 0.25) is 0 Å². The SMILES string of the molecule is CCOCc1ccc(CNC(=NC)NCc2ncnn2C)cc1. The second-order valence-corrected chi connectivity index (χ2v) is 5.03. The van der Waals surface area contributed by atoms with Crippen LogP contribution in [0.4, 0.5) is 0 Å². The summed E-state index contributed by atoms with van der Waals surface area (Å²) in [5, 5.41) is 10.5. The molecule has 1 aromatic carbocycles. The highest BCUT2D eigenvalue weighted by Crippen LogP contribution is 2.05. The number of rotatable bonds is 7. The first kappa shape index (κ1) is 17.0. The van der Waals surface area contributed by atoms with Crippen molar-refractivity contribution in [2.75, 3.05) is 13.7 Å². The summed E-state index contributed by atoms with van der Waals surface area (Å²) in [6, 6.07) is 8.36. The van der Waals surface area contributed by atoms with Crippen LogP contribution >= 0.6 is 0 Å². The number of aromatic nitrogens is 3. The van der Waals surface area contributed by atoms with Crippen molar-refractivity contribution in [1.82, 2.24) is 25.4 Å². The van der Waals surface area contributed by atoms with Crippen LogP contribution in [0.5, 0.6) is 0 Å². The molecule has 0 aliphatic rings.